The molecule has 0 atom stereocenters. The molecule has 4 amide bonds. The maximum Gasteiger partial charge on any atom is 0.362 e. The number of piperidine rings is 2. The molecule has 2 aliphatic rings. The Morgan fingerprint density at radius 1 is 0.613 bits per heavy atom. The highest BCUT2D eigenvalue weighted by Crippen LogP contribution is 2.38. The first-order chi connectivity index (χ1) is 15.1. The van der Waals surface area contributed by atoms with Crippen LogP contribution in [0.3, 0.4) is 0 Å². The third-order valence-electron chi connectivity index (χ3n) is 5.96. The first-order valence-electron chi connectivity index (χ1n) is 12.8. The predicted molar refractivity (Wildman–Crippen MR) is 133 cm³/mol. The Bertz CT molecular complexity index is 453. The van der Waals surface area contributed by atoms with Crippen molar-refractivity contribution in [1.29, 1.82) is 0 Å². The largest absolute Gasteiger partial charge is 0.362 e. The third-order valence-corrected chi connectivity index (χ3v) is 8.80. The maximum absolute atomic E-state index is 11.7. The number of azo groups is 1. The molecule has 2 fully saturated rings. The van der Waals surface area contributed by atoms with Crippen molar-refractivity contribution in [3.63, 3.8) is 0 Å². The minimum absolute atomic E-state index is 0.375. The molecule has 7 heteroatoms. The zero-order chi connectivity index (χ0) is 22.7. The molecule has 2 rings (SSSR count). The second kappa shape index (κ2) is 18.5. The molecular weight excluding hydrogens is 407 g/mol. The SMILES string of the molecule is CCCCP(CCCC)CCCC.O=C(/N=N/C(=O)N1CCCCC1)N1CCCCC1. The molecule has 0 aliphatic carbocycles. The van der Waals surface area contributed by atoms with Gasteiger partial charge in [0.05, 0.1) is 0 Å². The molecular formula is C24H47N4O2P. The molecule has 0 unspecified atom stereocenters. The van der Waals surface area contributed by atoms with E-state index in [1.165, 1.54) is 38.5 Å². The number of rotatable bonds is 9. The van der Waals surface area contributed by atoms with Crippen molar-refractivity contribution in [3.05, 3.63) is 0 Å². The first-order valence-corrected chi connectivity index (χ1v) is 14.7. The summed E-state index contributed by atoms with van der Waals surface area (Å²) < 4.78 is 0. The first kappa shape index (κ1) is 28.0. The Morgan fingerprint density at radius 2 is 0.935 bits per heavy atom. The number of nitrogens with zero attached hydrogens (tertiary/aromatic N) is 4. The lowest BCUT2D eigenvalue weighted by Gasteiger charge is -2.25. The van der Waals surface area contributed by atoms with Gasteiger partial charge in [-0.1, -0.05) is 50.3 Å². The summed E-state index contributed by atoms with van der Waals surface area (Å²) in [5, 5.41) is 7.09. The van der Waals surface area contributed by atoms with Gasteiger partial charge in [-0.15, -0.1) is 7.92 Å². The highest BCUT2D eigenvalue weighted by atomic mass is 31.1. The summed E-state index contributed by atoms with van der Waals surface area (Å²) in [7, 11) is 0.422. The van der Waals surface area contributed by atoms with Crippen LogP contribution in [0.2, 0.25) is 0 Å². The van der Waals surface area contributed by atoms with E-state index in [0.29, 0.717) is 7.92 Å². The van der Waals surface area contributed by atoms with E-state index in [4.69, 9.17) is 0 Å². The number of carbonyl (C=O) groups is 2. The summed E-state index contributed by atoms with van der Waals surface area (Å²) in [6, 6.07) is -0.750. The van der Waals surface area contributed by atoms with Gasteiger partial charge in [0, 0.05) is 26.2 Å². The predicted octanol–water partition coefficient (Wildman–Crippen LogP) is 7.52. The van der Waals surface area contributed by atoms with Gasteiger partial charge in [0.15, 0.2) is 0 Å². The molecule has 0 spiro atoms. The quantitative estimate of drug-likeness (QED) is 0.267. The van der Waals surface area contributed by atoms with Crippen LogP contribution < -0.4 is 0 Å². The van der Waals surface area contributed by atoms with Gasteiger partial charge in [0.2, 0.25) is 0 Å². The Kier molecular flexibility index (Phi) is 16.7. The average molecular weight is 455 g/mol. The Hall–Kier alpha value is -1.03. The Balaban J connectivity index is 0.000000330. The van der Waals surface area contributed by atoms with Crippen LogP contribution in [-0.2, 0) is 0 Å². The van der Waals surface area contributed by atoms with E-state index >= 15 is 0 Å². The number of hydrogen-bond acceptors (Lipinski definition) is 2. The van der Waals surface area contributed by atoms with Crippen LogP contribution in [0.4, 0.5) is 9.59 Å². The van der Waals surface area contributed by atoms with E-state index < -0.39 is 0 Å². The van der Waals surface area contributed by atoms with E-state index in [1.807, 2.05) is 0 Å². The van der Waals surface area contributed by atoms with E-state index in [-0.39, 0.29) is 12.1 Å². The summed E-state index contributed by atoms with van der Waals surface area (Å²) in [5.74, 6) is 0. The third kappa shape index (κ3) is 13.2. The van der Waals surface area contributed by atoms with E-state index in [1.54, 1.807) is 28.3 Å². The van der Waals surface area contributed by atoms with Crippen molar-refractivity contribution in [3.8, 4) is 0 Å². The summed E-state index contributed by atoms with van der Waals surface area (Å²) in [6.45, 7) is 9.87. The second-order valence-electron chi connectivity index (χ2n) is 8.76. The van der Waals surface area contributed by atoms with E-state index in [0.717, 1.165) is 64.7 Å². The summed E-state index contributed by atoms with van der Waals surface area (Å²) in [6.07, 6.45) is 19.6. The van der Waals surface area contributed by atoms with Crippen LogP contribution in [0.25, 0.3) is 0 Å². The van der Waals surface area contributed by atoms with Crippen LogP contribution in [0.1, 0.15) is 97.8 Å². The monoisotopic (exact) mass is 454 g/mol. The minimum Gasteiger partial charge on any atom is -0.322 e. The van der Waals surface area contributed by atoms with Crippen molar-refractivity contribution in [2.24, 2.45) is 10.2 Å². The molecule has 31 heavy (non-hydrogen) atoms. The molecule has 2 heterocycles. The lowest BCUT2D eigenvalue weighted by molar-refractivity contribution is 0.187. The van der Waals surface area contributed by atoms with Gasteiger partial charge < -0.3 is 9.80 Å². The zero-order valence-electron chi connectivity index (χ0n) is 20.5. The Morgan fingerprint density at radius 3 is 1.23 bits per heavy atom. The number of urea groups is 2. The van der Waals surface area contributed by atoms with Gasteiger partial charge in [-0.25, -0.2) is 9.59 Å². The van der Waals surface area contributed by atoms with Crippen LogP contribution in [0.15, 0.2) is 10.2 Å². The molecule has 0 aromatic heterocycles. The summed E-state index contributed by atoms with van der Waals surface area (Å²) >= 11 is 0. The molecule has 6 nitrogen and oxygen atoms in total. The van der Waals surface area contributed by atoms with Gasteiger partial charge >= 0.3 is 12.1 Å². The van der Waals surface area contributed by atoms with Gasteiger partial charge in [0.1, 0.15) is 0 Å². The highest BCUT2D eigenvalue weighted by molar-refractivity contribution is 7.57. The van der Waals surface area contributed by atoms with Crippen molar-refractivity contribution >= 4 is 20.0 Å². The normalized spacial score (nSPS) is 17.0. The van der Waals surface area contributed by atoms with E-state index in [9.17, 15) is 9.59 Å². The van der Waals surface area contributed by atoms with Gasteiger partial charge in [0.25, 0.3) is 0 Å². The fourth-order valence-corrected chi connectivity index (χ4v) is 6.82. The van der Waals surface area contributed by atoms with Crippen molar-refractivity contribution in [2.75, 3.05) is 44.7 Å². The fraction of sp³-hybridized carbons (Fsp3) is 0.917. The van der Waals surface area contributed by atoms with E-state index in [2.05, 4.69) is 31.0 Å². The minimum atomic E-state index is -0.375. The molecule has 2 saturated heterocycles. The Labute approximate surface area is 192 Å². The number of hydrogen-bond donors (Lipinski definition) is 0. The van der Waals surface area contributed by atoms with Gasteiger partial charge in [-0.2, -0.15) is 0 Å². The summed E-state index contributed by atoms with van der Waals surface area (Å²) in [4.78, 5) is 26.7. The number of unbranched alkanes of at least 4 members (excludes halogenated alkanes) is 3. The van der Waals surface area contributed by atoms with Crippen molar-refractivity contribution in [2.45, 2.75) is 97.8 Å². The maximum atomic E-state index is 11.7. The number of amides is 4. The smallest absolute Gasteiger partial charge is 0.322 e. The number of likely N-dealkylation sites (tertiary alicyclic amines) is 2. The second-order valence-corrected chi connectivity index (χ2v) is 11.4. The fourth-order valence-electron chi connectivity index (χ4n) is 3.86. The molecule has 0 bridgehead atoms. The standard InChI is InChI=1S/C12H20N4O2.C12H27P/c17-11(15-7-3-1-4-8-15)13-14-12(18)16-9-5-2-6-10-16;1-4-7-10-13(11-8-5-2)12-9-6-3/h1-10H2;4-12H2,1-3H3/b14-13+;. The molecule has 0 saturated carbocycles. The topological polar surface area (TPSA) is 65.3 Å². The van der Waals surface area contributed by atoms with Crippen LogP contribution in [0, 0.1) is 0 Å². The van der Waals surface area contributed by atoms with Crippen LogP contribution >= 0.6 is 7.92 Å². The lowest BCUT2D eigenvalue weighted by atomic mass is 10.1. The molecule has 0 aromatic carbocycles. The van der Waals surface area contributed by atoms with Gasteiger partial charge in [-0.05, 0) is 76.3 Å². The van der Waals surface area contributed by atoms with Crippen molar-refractivity contribution in [1.82, 2.24) is 9.80 Å². The van der Waals surface area contributed by atoms with Crippen LogP contribution in [0.5, 0.6) is 0 Å². The molecule has 0 radical (unpaired) electrons. The van der Waals surface area contributed by atoms with Crippen molar-refractivity contribution < 1.29 is 9.59 Å². The van der Waals surface area contributed by atoms with Gasteiger partial charge in [-0.3, -0.25) is 0 Å². The lowest BCUT2D eigenvalue weighted by Crippen LogP contribution is -2.35. The molecule has 2 aliphatic heterocycles. The molecule has 180 valence electrons. The number of carbonyl (C=O) groups excluding carboxylic acids is 2. The van der Waals surface area contributed by atoms with Crippen LogP contribution in [-0.4, -0.2) is 66.5 Å². The highest BCUT2D eigenvalue weighted by Gasteiger charge is 2.19. The average Bonchev–Trinajstić information content (AvgIpc) is 2.83. The molecule has 0 N–H and O–H groups in total. The molecule has 0 aromatic rings. The zero-order valence-corrected chi connectivity index (χ0v) is 21.4. The summed E-state index contributed by atoms with van der Waals surface area (Å²) in [5.41, 5.74) is 0.